The molecule has 0 bridgehead atoms. The summed E-state index contributed by atoms with van der Waals surface area (Å²) in [6.07, 6.45) is 1.62. The minimum Gasteiger partial charge on any atom is -0.366 e. The fourth-order valence-corrected chi connectivity index (χ4v) is 2.49. The Kier molecular flexibility index (Phi) is 3.63. The number of aliphatic imine (C=N–C) groups is 1. The molecule has 4 nitrogen and oxygen atoms in total. The molecule has 94 valence electrons. The average Bonchev–Trinajstić information content (AvgIpc) is 2.74. The molecule has 0 fully saturated rings. The third-order valence-corrected chi connectivity index (χ3v) is 4.06. The number of hydrogen-bond donors (Lipinski definition) is 0. The van der Waals surface area contributed by atoms with Gasteiger partial charge in [0.2, 0.25) is 0 Å². The molecule has 0 aliphatic carbocycles. The first-order chi connectivity index (χ1) is 8.49. The molecule has 0 saturated carbocycles. The lowest BCUT2D eigenvalue weighted by atomic mass is 10.3. The lowest BCUT2D eigenvalue weighted by molar-refractivity contribution is 0.101. The summed E-state index contributed by atoms with van der Waals surface area (Å²) < 4.78 is 0.820. The molecule has 1 amide bonds. The molecule has 2 rings (SSSR count). The third kappa shape index (κ3) is 2.52. The smallest absolute Gasteiger partial charge is 0.288 e. The van der Waals surface area contributed by atoms with Crippen molar-refractivity contribution in [3.05, 3.63) is 28.2 Å². The topological polar surface area (TPSA) is 45.6 Å². The van der Waals surface area contributed by atoms with E-state index in [9.17, 15) is 4.79 Å². The van der Waals surface area contributed by atoms with Gasteiger partial charge in [0, 0.05) is 20.3 Å². The summed E-state index contributed by atoms with van der Waals surface area (Å²) in [6.45, 7) is 1.79. The number of fused-ring (bicyclic) bond motifs is 1. The predicted octanol–water partition coefficient (Wildman–Crippen LogP) is 3.07. The molecular formula is C12H12ClN3OS. The second-order valence-corrected chi connectivity index (χ2v) is 5.44. The van der Waals surface area contributed by atoms with Crippen molar-refractivity contribution in [2.75, 3.05) is 14.1 Å². The Labute approximate surface area is 114 Å². The number of halogens is 1. The maximum Gasteiger partial charge on any atom is 0.288 e. The number of rotatable bonds is 1. The maximum atomic E-state index is 12.0. The highest BCUT2D eigenvalue weighted by atomic mass is 35.5. The second kappa shape index (κ2) is 5.04. The molecule has 18 heavy (non-hydrogen) atoms. The van der Waals surface area contributed by atoms with Crippen LogP contribution in [0.5, 0.6) is 0 Å². The first-order valence-electron chi connectivity index (χ1n) is 5.30. The van der Waals surface area contributed by atoms with E-state index in [1.807, 2.05) is 14.1 Å². The molecule has 0 atom stereocenters. The molecule has 0 aliphatic rings. The summed E-state index contributed by atoms with van der Waals surface area (Å²) in [7, 11) is 3.69. The minimum absolute atomic E-state index is 0.264. The molecule has 0 aliphatic heterocycles. The fraction of sp³-hybridized carbons (Fsp3) is 0.250. The normalized spacial score (nSPS) is 11.9. The molecule has 0 aromatic carbocycles. The van der Waals surface area contributed by atoms with Crippen LogP contribution in [0.3, 0.4) is 0 Å². The zero-order chi connectivity index (χ0) is 13.3. The Morgan fingerprint density at radius 3 is 2.83 bits per heavy atom. The highest BCUT2D eigenvalue weighted by molar-refractivity contribution is 7.21. The van der Waals surface area contributed by atoms with Crippen LogP contribution >= 0.6 is 22.9 Å². The van der Waals surface area contributed by atoms with E-state index in [1.54, 1.807) is 30.2 Å². The molecule has 0 radical (unpaired) electrons. The first-order valence-corrected chi connectivity index (χ1v) is 6.49. The van der Waals surface area contributed by atoms with E-state index >= 15 is 0 Å². The van der Waals surface area contributed by atoms with Gasteiger partial charge >= 0.3 is 0 Å². The summed E-state index contributed by atoms with van der Waals surface area (Å²) >= 11 is 7.36. The van der Waals surface area contributed by atoms with Crippen LogP contribution in [0.15, 0.2) is 23.3 Å². The summed E-state index contributed by atoms with van der Waals surface area (Å²) in [5.41, 5.74) is 0.730. The molecule has 6 heteroatoms. The van der Waals surface area contributed by atoms with Crippen LogP contribution in [0.2, 0.25) is 5.02 Å². The van der Waals surface area contributed by atoms with E-state index < -0.39 is 0 Å². The molecule has 2 aromatic rings. The minimum atomic E-state index is -0.264. The molecule has 0 unspecified atom stereocenters. The zero-order valence-corrected chi connectivity index (χ0v) is 11.8. The molecule has 0 saturated heterocycles. The van der Waals surface area contributed by atoms with Gasteiger partial charge in [-0.05, 0) is 19.1 Å². The Morgan fingerprint density at radius 1 is 1.50 bits per heavy atom. The van der Waals surface area contributed by atoms with Crippen molar-refractivity contribution < 1.29 is 4.79 Å². The van der Waals surface area contributed by atoms with E-state index in [0.717, 1.165) is 10.2 Å². The van der Waals surface area contributed by atoms with Gasteiger partial charge in [0.1, 0.15) is 5.84 Å². The lowest BCUT2D eigenvalue weighted by Crippen LogP contribution is -2.19. The Balaban J connectivity index is 2.40. The van der Waals surface area contributed by atoms with Crippen molar-refractivity contribution in [1.29, 1.82) is 0 Å². The van der Waals surface area contributed by atoms with Gasteiger partial charge < -0.3 is 4.90 Å². The average molecular weight is 282 g/mol. The van der Waals surface area contributed by atoms with Crippen LogP contribution < -0.4 is 0 Å². The summed E-state index contributed by atoms with van der Waals surface area (Å²) in [5.74, 6) is 0.400. The lowest BCUT2D eigenvalue weighted by Gasteiger charge is -2.09. The number of carbonyl (C=O) groups is 1. The van der Waals surface area contributed by atoms with Gasteiger partial charge in [0.25, 0.3) is 5.91 Å². The van der Waals surface area contributed by atoms with E-state index in [2.05, 4.69) is 9.98 Å². The van der Waals surface area contributed by atoms with Crippen molar-refractivity contribution in [2.24, 2.45) is 4.99 Å². The Hall–Kier alpha value is -1.46. The predicted molar refractivity (Wildman–Crippen MR) is 75.8 cm³/mol. The summed E-state index contributed by atoms with van der Waals surface area (Å²) in [5, 5.41) is 0.609. The van der Waals surface area contributed by atoms with Crippen molar-refractivity contribution >= 4 is 44.9 Å². The van der Waals surface area contributed by atoms with Gasteiger partial charge in [-0.3, -0.25) is 9.78 Å². The zero-order valence-electron chi connectivity index (χ0n) is 10.3. The van der Waals surface area contributed by atoms with E-state index in [4.69, 9.17) is 11.6 Å². The SMILES string of the molecule is CC(=NC(=O)c1cc2nccc(Cl)c2s1)N(C)C. The van der Waals surface area contributed by atoms with Gasteiger partial charge in [-0.15, -0.1) is 11.3 Å². The number of amides is 1. The Bertz CT molecular complexity index is 633. The van der Waals surface area contributed by atoms with E-state index in [0.29, 0.717) is 15.7 Å². The third-order valence-electron chi connectivity index (χ3n) is 2.49. The van der Waals surface area contributed by atoms with Crippen molar-refractivity contribution in [3.63, 3.8) is 0 Å². The fourth-order valence-electron chi connectivity index (χ4n) is 1.31. The quantitative estimate of drug-likeness (QED) is 0.596. The number of amidine groups is 1. The van der Waals surface area contributed by atoms with Crippen molar-refractivity contribution in [1.82, 2.24) is 9.88 Å². The second-order valence-electron chi connectivity index (χ2n) is 3.98. The monoisotopic (exact) mass is 281 g/mol. The summed E-state index contributed by atoms with van der Waals surface area (Å²) in [6, 6.07) is 3.43. The van der Waals surface area contributed by atoms with Gasteiger partial charge in [0.05, 0.1) is 20.1 Å². The number of hydrogen-bond acceptors (Lipinski definition) is 3. The highest BCUT2D eigenvalue weighted by Crippen LogP contribution is 2.30. The van der Waals surface area contributed by atoms with E-state index in [-0.39, 0.29) is 5.91 Å². The van der Waals surface area contributed by atoms with Crippen LogP contribution in [0.4, 0.5) is 0 Å². The number of pyridine rings is 1. The number of nitrogens with zero attached hydrogens (tertiary/aromatic N) is 3. The number of carbonyl (C=O) groups excluding carboxylic acids is 1. The first kappa shape index (κ1) is 13.0. The van der Waals surface area contributed by atoms with Gasteiger partial charge in [-0.25, -0.2) is 0 Å². The van der Waals surface area contributed by atoms with E-state index in [1.165, 1.54) is 11.3 Å². The number of aromatic nitrogens is 1. The van der Waals surface area contributed by atoms with Gasteiger partial charge in [-0.2, -0.15) is 4.99 Å². The highest BCUT2D eigenvalue weighted by Gasteiger charge is 2.12. The molecule has 0 spiro atoms. The standard InChI is InChI=1S/C12H12ClN3OS/c1-7(16(2)3)15-12(17)10-6-9-11(18-10)8(13)4-5-14-9/h4-6H,1-3H3. The van der Waals surface area contributed by atoms with Crippen LogP contribution in [0, 0.1) is 0 Å². The van der Waals surface area contributed by atoms with Crippen LogP contribution in [0.25, 0.3) is 10.2 Å². The maximum absolute atomic E-state index is 12.0. The van der Waals surface area contributed by atoms with Crippen LogP contribution in [-0.2, 0) is 0 Å². The molecule has 2 heterocycles. The van der Waals surface area contributed by atoms with Crippen LogP contribution in [0.1, 0.15) is 16.6 Å². The molecule has 2 aromatic heterocycles. The van der Waals surface area contributed by atoms with Gasteiger partial charge in [-0.1, -0.05) is 11.6 Å². The molecular weight excluding hydrogens is 270 g/mol. The van der Waals surface area contributed by atoms with Crippen LogP contribution in [-0.4, -0.2) is 35.7 Å². The summed E-state index contributed by atoms with van der Waals surface area (Å²) in [4.78, 5) is 22.5. The van der Waals surface area contributed by atoms with Gasteiger partial charge in [0.15, 0.2) is 0 Å². The molecule has 0 N–H and O–H groups in total. The largest absolute Gasteiger partial charge is 0.366 e. The van der Waals surface area contributed by atoms with Crippen molar-refractivity contribution in [2.45, 2.75) is 6.92 Å². The number of thiophene rings is 1. The Morgan fingerprint density at radius 2 is 2.22 bits per heavy atom. The van der Waals surface area contributed by atoms with Crippen molar-refractivity contribution in [3.8, 4) is 0 Å².